The van der Waals surface area contributed by atoms with Gasteiger partial charge in [-0.1, -0.05) is 39.5 Å². The SMILES string of the molecule is CC(C)CNC(=O)c1nc(C(=O)NC2CCCCCC2)n2c1CCCC2. The molecule has 0 spiro atoms. The Morgan fingerprint density at radius 1 is 1.08 bits per heavy atom. The van der Waals surface area contributed by atoms with Crippen LogP contribution in [0.25, 0.3) is 0 Å². The molecule has 2 amide bonds. The monoisotopic (exact) mass is 360 g/mol. The first-order chi connectivity index (χ1) is 12.6. The number of aromatic nitrogens is 2. The number of carbonyl (C=O) groups is 2. The molecule has 1 aliphatic carbocycles. The van der Waals surface area contributed by atoms with Gasteiger partial charge in [0.1, 0.15) is 5.69 Å². The van der Waals surface area contributed by atoms with Gasteiger partial charge >= 0.3 is 0 Å². The Morgan fingerprint density at radius 2 is 1.81 bits per heavy atom. The predicted octanol–water partition coefficient (Wildman–Crippen LogP) is 3.06. The minimum Gasteiger partial charge on any atom is -0.350 e. The molecule has 0 radical (unpaired) electrons. The number of fused-ring (bicyclic) bond motifs is 1. The summed E-state index contributed by atoms with van der Waals surface area (Å²) >= 11 is 0. The van der Waals surface area contributed by atoms with E-state index < -0.39 is 0 Å². The molecule has 2 N–H and O–H groups in total. The summed E-state index contributed by atoms with van der Waals surface area (Å²) in [5.74, 6) is 0.523. The van der Waals surface area contributed by atoms with Crippen molar-refractivity contribution in [2.24, 2.45) is 5.92 Å². The Labute approximate surface area is 156 Å². The molecular weight excluding hydrogens is 328 g/mol. The first-order valence-electron chi connectivity index (χ1n) is 10.2. The molecule has 6 heteroatoms. The van der Waals surface area contributed by atoms with Crippen molar-refractivity contribution >= 4 is 11.8 Å². The summed E-state index contributed by atoms with van der Waals surface area (Å²) in [5.41, 5.74) is 1.36. The molecule has 2 aliphatic rings. The molecule has 144 valence electrons. The number of hydrogen-bond acceptors (Lipinski definition) is 3. The van der Waals surface area contributed by atoms with Gasteiger partial charge in [-0.2, -0.15) is 0 Å². The van der Waals surface area contributed by atoms with E-state index in [1.807, 2.05) is 4.57 Å². The summed E-state index contributed by atoms with van der Waals surface area (Å²) in [5, 5.41) is 6.12. The fraction of sp³-hybridized carbons (Fsp3) is 0.750. The molecule has 3 rings (SSSR count). The highest BCUT2D eigenvalue weighted by Gasteiger charge is 2.28. The van der Waals surface area contributed by atoms with Crippen molar-refractivity contribution in [2.45, 2.75) is 84.2 Å². The molecule has 1 saturated carbocycles. The van der Waals surface area contributed by atoms with Crippen LogP contribution in [0.2, 0.25) is 0 Å². The lowest BCUT2D eigenvalue weighted by Crippen LogP contribution is -2.36. The molecule has 6 nitrogen and oxygen atoms in total. The summed E-state index contributed by atoms with van der Waals surface area (Å²) < 4.78 is 1.97. The fourth-order valence-corrected chi connectivity index (χ4v) is 3.95. The lowest BCUT2D eigenvalue weighted by Gasteiger charge is -2.19. The van der Waals surface area contributed by atoms with Gasteiger partial charge in [0.15, 0.2) is 5.82 Å². The van der Waals surface area contributed by atoms with Crippen molar-refractivity contribution in [2.75, 3.05) is 6.54 Å². The third kappa shape index (κ3) is 4.46. The molecular formula is C20H32N4O2. The van der Waals surface area contributed by atoms with Crippen molar-refractivity contribution in [3.8, 4) is 0 Å². The third-order valence-corrected chi connectivity index (χ3v) is 5.40. The molecule has 26 heavy (non-hydrogen) atoms. The minimum atomic E-state index is -0.155. The molecule has 1 aromatic heterocycles. The maximum Gasteiger partial charge on any atom is 0.287 e. The molecule has 1 fully saturated rings. The first kappa shape index (κ1) is 18.9. The zero-order valence-electron chi connectivity index (χ0n) is 16.1. The second kappa shape index (κ2) is 8.69. The number of amides is 2. The fourth-order valence-electron chi connectivity index (χ4n) is 3.95. The maximum absolute atomic E-state index is 12.9. The van der Waals surface area contributed by atoms with Gasteiger partial charge in [-0.05, 0) is 38.0 Å². The molecule has 1 aromatic rings. The third-order valence-electron chi connectivity index (χ3n) is 5.40. The van der Waals surface area contributed by atoms with Crippen LogP contribution in [0, 0.1) is 5.92 Å². The van der Waals surface area contributed by atoms with Crippen LogP contribution in [-0.2, 0) is 13.0 Å². The maximum atomic E-state index is 12.9. The molecule has 0 aromatic carbocycles. The molecule has 1 aliphatic heterocycles. The smallest absolute Gasteiger partial charge is 0.287 e. The summed E-state index contributed by atoms with van der Waals surface area (Å²) in [7, 11) is 0. The highest BCUT2D eigenvalue weighted by molar-refractivity contribution is 5.97. The number of hydrogen-bond donors (Lipinski definition) is 2. The van der Waals surface area contributed by atoms with Crippen LogP contribution >= 0.6 is 0 Å². The Morgan fingerprint density at radius 3 is 2.50 bits per heavy atom. The molecule has 0 atom stereocenters. The Kier molecular flexibility index (Phi) is 6.33. The van der Waals surface area contributed by atoms with E-state index in [2.05, 4.69) is 29.5 Å². The van der Waals surface area contributed by atoms with E-state index in [0.717, 1.165) is 44.3 Å². The van der Waals surface area contributed by atoms with Crippen LogP contribution in [0.15, 0.2) is 0 Å². The number of nitrogens with one attached hydrogen (secondary N) is 2. The van der Waals surface area contributed by atoms with Gasteiger partial charge in [0.05, 0.1) is 5.69 Å². The number of carbonyl (C=O) groups excluding carboxylic acids is 2. The molecule has 0 bridgehead atoms. The van der Waals surface area contributed by atoms with Crippen LogP contribution in [0.5, 0.6) is 0 Å². The Balaban J connectivity index is 1.77. The van der Waals surface area contributed by atoms with E-state index in [0.29, 0.717) is 24.0 Å². The number of nitrogens with zero attached hydrogens (tertiary/aromatic N) is 2. The number of rotatable bonds is 5. The van der Waals surface area contributed by atoms with Crippen molar-refractivity contribution in [3.05, 3.63) is 17.2 Å². The lowest BCUT2D eigenvalue weighted by molar-refractivity contribution is 0.0917. The second-order valence-corrected chi connectivity index (χ2v) is 8.11. The van der Waals surface area contributed by atoms with Gasteiger partial charge < -0.3 is 15.2 Å². The van der Waals surface area contributed by atoms with Crippen LogP contribution in [-0.4, -0.2) is 34.0 Å². The van der Waals surface area contributed by atoms with Gasteiger partial charge in [0.25, 0.3) is 11.8 Å². The molecule has 0 saturated heterocycles. The van der Waals surface area contributed by atoms with E-state index in [4.69, 9.17) is 0 Å². The van der Waals surface area contributed by atoms with Crippen molar-refractivity contribution in [3.63, 3.8) is 0 Å². The average molecular weight is 361 g/mol. The Hall–Kier alpha value is -1.85. The van der Waals surface area contributed by atoms with Gasteiger partial charge in [0.2, 0.25) is 0 Å². The van der Waals surface area contributed by atoms with Gasteiger partial charge in [0, 0.05) is 19.1 Å². The van der Waals surface area contributed by atoms with Crippen molar-refractivity contribution in [1.29, 1.82) is 0 Å². The quantitative estimate of drug-likeness (QED) is 0.793. The number of imidazole rings is 1. The van der Waals surface area contributed by atoms with Crippen molar-refractivity contribution < 1.29 is 9.59 Å². The van der Waals surface area contributed by atoms with E-state index in [1.54, 1.807) is 0 Å². The van der Waals surface area contributed by atoms with E-state index in [-0.39, 0.29) is 17.9 Å². The highest BCUT2D eigenvalue weighted by atomic mass is 16.2. The average Bonchev–Trinajstić information content (AvgIpc) is 2.83. The topological polar surface area (TPSA) is 76.0 Å². The minimum absolute atomic E-state index is 0.122. The standard InChI is InChI=1S/C20H32N4O2/c1-14(2)13-21-19(25)17-16-11-7-8-12-24(16)18(23-17)20(26)22-15-9-5-3-4-6-10-15/h14-15H,3-13H2,1-2H3,(H,21,25)(H,22,26). The summed E-state index contributed by atoms with van der Waals surface area (Å²) in [6.45, 7) is 5.52. The van der Waals surface area contributed by atoms with Gasteiger partial charge in [-0.25, -0.2) is 4.98 Å². The zero-order valence-corrected chi connectivity index (χ0v) is 16.1. The molecule has 2 heterocycles. The Bertz CT molecular complexity index is 642. The summed E-state index contributed by atoms with van der Waals surface area (Å²) in [6, 6.07) is 0.236. The van der Waals surface area contributed by atoms with Crippen LogP contribution < -0.4 is 10.6 Å². The largest absolute Gasteiger partial charge is 0.350 e. The molecule has 0 unspecified atom stereocenters. The zero-order chi connectivity index (χ0) is 18.5. The summed E-state index contributed by atoms with van der Waals surface area (Å²) in [4.78, 5) is 29.9. The highest BCUT2D eigenvalue weighted by Crippen LogP contribution is 2.22. The normalized spacial score (nSPS) is 18.3. The second-order valence-electron chi connectivity index (χ2n) is 8.11. The lowest BCUT2D eigenvalue weighted by atomic mass is 10.1. The predicted molar refractivity (Wildman–Crippen MR) is 101 cm³/mol. The summed E-state index contributed by atoms with van der Waals surface area (Å²) in [6.07, 6.45) is 9.83. The van der Waals surface area contributed by atoms with Gasteiger partial charge in [-0.3, -0.25) is 9.59 Å². The van der Waals surface area contributed by atoms with Crippen LogP contribution in [0.1, 0.15) is 92.0 Å². The first-order valence-corrected chi connectivity index (χ1v) is 10.2. The van der Waals surface area contributed by atoms with E-state index in [1.165, 1.54) is 25.7 Å². The van der Waals surface area contributed by atoms with E-state index >= 15 is 0 Å². The van der Waals surface area contributed by atoms with Gasteiger partial charge in [-0.15, -0.1) is 0 Å². The van der Waals surface area contributed by atoms with E-state index in [9.17, 15) is 9.59 Å². The van der Waals surface area contributed by atoms with Crippen molar-refractivity contribution in [1.82, 2.24) is 20.2 Å². The van der Waals surface area contributed by atoms with Crippen LogP contribution in [0.4, 0.5) is 0 Å². The van der Waals surface area contributed by atoms with Crippen LogP contribution in [0.3, 0.4) is 0 Å².